The molecule has 0 fully saturated rings. The van der Waals surface area contributed by atoms with Crippen molar-refractivity contribution in [2.75, 3.05) is 5.73 Å². The number of carbonyl (C=O) groups is 2. The van der Waals surface area contributed by atoms with E-state index in [1.54, 1.807) is 24.3 Å². The van der Waals surface area contributed by atoms with Crippen LogP contribution in [0.25, 0.3) is 0 Å². The summed E-state index contributed by atoms with van der Waals surface area (Å²) in [6.45, 7) is 0.205. The van der Waals surface area contributed by atoms with E-state index >= 15 is 0 Å². The molecular weight excluding hydrogens is 273 g/mol. The van der Waals surface area contributed by atoms with Crippen molar-refractivity contribution >= 4 is 17.5 Å². The number of nitrogen functional groups attached to an aromatic ring is 1. The fourth-order valence-electron chi connectivity index (χ4n) is 1.85. The van der Waals surface area contributed by atoms with Crippen LogP contribution in [0, 0.1) is 5.82 Å². The zero-order valence-corrected chi connectivity index (χ0v) is 11.1. The maximum absolute atomic E-state index is 12.9. The van der Waals surface area contributed by atoms with Crippen LogP contribution >= 0.6 is 0 Å². The Kier molecular flexibility index (Phi) is 4.18. The maximum atomic E-state index is 12.9. The summed E-state index contributed by atoms with van der Waals surface area (Å²) in [7, 11) is 0. The normalized spacial score (nSPS) is 10.1. The summed E-state index contributed by atoms with van der Waals surface area (Å²) >= 11 is 0. The van der Waals surface area contributed by atoms with Crippen LogP contribution in [0.2, 0.25) is 0 Å². The van der Waals surface area contributed by atoms with Gasteiger partial charge in [0.25, 0.3) is 5.91 Å². The molecule has 21 heavy (non-hydrogen) atoms. The van der Waals surface area contributed by atoms with Crippen molar-refractivity contribution in [3.05, 3.63) is 65.0 Å². The first-order chi connectivity index (χ1) is 9.97. The van der Waals surface area contributed by atoms with Gasteiger partial charge >= 0.3 is 0 Å². The Labute approximate surface area is 120 Å². The summed E-state index contributed by atoms with van der Waals surface area (Å²) in [4.78, 5) is 23.0. The molecule has 0 saturated carbocycles. The second kappa shape index (κ2) is 6.04. The van der Waals surface area contributed by atoms with Crippen molar-refractivity contribution in [2.45, 2.75) is 6.54 Å². The van der Waals surface area contributed by atoms with E-state index in [2.05, 4.69) is 5.32 Å². The van der Waals surface area contributed by atoms with E-state index in [1.165, 1.54) is 12.1 Å². The molecule has 0 atom stereocenters. The van der Waals surface area contributed by atoms with Crippen LogP contribution in [0.15, 0.2) is 42.5 Å². The Balaban J connectivity index is 2.07. The van der Waals surface area contributed by atoms with Crippen LogP contribution in [0.5, 0.6) is 0 Å². The van der Waals surface area contributed by atoms with Gasteiger partial charge in [0.15, 0.2) is 0 Å². The molecule has 0 aliphatic carbocycles. The SMILES string of the molecule is NC(=O)c1cccc(CNC(=O)c2ccc(F)cc2N)c1. The van der Waals surface area contributed by atoms with Crippen molar-refractivity contribution in [3.8, 4) is 0 Å². The highest BCUT2D eigenvalue weighted by Gasteiger charge is 2.10. The zero-order chi connectivity index (χ0) is 15.4. The second-order valence-electron chi connectivity index (χ2n) is 4.48. The molecular formula is C15H14FN3O2. The van der Waals surface area contributed by atoms with Crippen molar-refractivity contribution in [1.82, 2.24) is 5.32 Å². The molecule has 0 radical (unpaired) electrons. The molecule has 2 amide bonds. The number of carbonyl (C=O) groups excluding carboxylic acids is 2. The second-order valence-corrected chi connectivity index (χ2v) is 4.48. The standard InChI is InChI=1S/C15H14FN3O2/c16-11-4-5-12(13(17)7-11)15(21)19-8-9-2-1-3-10(6-9)14(18)20/h1-7H,8,17H2,(H2,18,20)(H,19,21). The van der Waals surface area contributed by atoms with Crippen LogP contribution in [0.1, 0.15) is 26.3 Å². The molecule has 6 heteroatoms. The Morgan fingerprint density at radius 1 is 1.14 bits per heavy atom. The molecule has 0 spiro atoms. The Bertz CT molecular complexity index is 701. The first kappa shape index (κ1) is 14.5. The molecule has 108 valence electrons. The molecule has 0 bridgehead atoms. The average Bonchev–Trinajstić information content (AvgIpc) is 2.45. The third-order valence-corrected chi connectivity index (χ3v) is 2.92. The highest BCUT2D eigenvalue weighted by molar-refractivity contribution is 5.99. The summed E-state index contributed by atoms with van der Waals surface area (Å²) in [5.41, 5.74) is 12.1. The summed E-state index contributed by atoms with van der Waals surface area (Å²) in [5.74, 6) is -1.46. The predicted molar refractivity (Wildman–Crippen MR) is 76.9 cm³/mol. The number of rotatable bonds is 4. The fourth-order valence-corrected chi connectivity index (χ4v) is 1.85. The largest absolute Gasteiger partial charge is 0.398 e. The van der Waals surface area contributed by atoms with E-state index in [0.29, 0.717) is 5.56 Å². The molecule has 0 saturated heterocycles. The highest BCUT2D eigenvalue weighted by Crippen LogP contribution is 2.13. The lowest BCUT2D eigenvalue weighted by molar-refractivity contribution is 0.0951. The third kappa shape index (κ3) is 3.56. The average molecular weight is 287 g/mol. The number of amides is 2. The van der Waals surface area contributed by atoms with Gasteiger partial charge in [-0.3, -0.25) is 9.59 Å². The summed E-state index contributed by atoms with van der Waals surface area (Å²) in [6, 6.07) is 10.2. The molecule has 5 nitrogen and oxygen atoms in total. The van der Waals surface area contributed by atoms with Gasteiger partial charge in [0.1, 0.15) is 5.82 Å². The molecule has 2 rings (SSSR count). The molecule has 0 unspecified atom stereocenters. The van der Waals surface area contributed by atoms with Gasteiger partial charge in [0.05, 0.1) is 5.56 Å². The molecule has 2 aromatic rings. The van der Waals surface area contributed by atoms with Crippen molar-refractivity contribution in [3.63, 3.8) is 0 Å². The Morgan fingerprint density at radius 3 is 2.57 bits per heavy atom. The van der Waals surface area contributed by atoms with Gasteiger partial charge in [-0.05, 0) is 35.9 Å². The summed E-state index contributed by atoms with van der Waals surface area (Å²) in [5, 5.41) is 2.65. The number of nitrogens with one attached hydrogen (secondary N) is 1. The minimum Gasteiger partial charge on any atom is -0.398 e. The van der Waals surface area contributed by atoms with E-state index < -0.39 is 17.6 Å². The lowest BCUT2D eigenvalue weighted by atomic mass is 10.1. The number of nitrogens with two attached hydrogens (primary N) is 2. The number of halogens is 1. The smallest absolute Gasteiger partial charge is 0.253 e. The van der Waals surface area contributed by atoms with Gasteiger partial charge in [0, 0.05) is 17.8 Å². The molecule has 0 heterocycles. The van der Waals surface area contributed by atoms with Gasteiger partial charge in [-0.25, -0.2) is 4.39 Å². The summed E-state index contributed by atoms with van der Waals surface area (Å²) in [6.07, 6.45) is 0. The van der Waals surface area contributed by atoms with E-state index in [9.17, 15) is 14.0 Å². The zero-order valence-electron chi connectivity index (χ0n) is 11.1. The molecule has 0 aliphatic rings. The minimum absolute atomic E-state index is 0.0680. The molecule has 0 aliphatic heterocycles. The van der Waals surface area contributed by atoms with Gasteiger partial charge in [0.2, 0.25) is 5.91 Å². The Morgan fingerprint density at radius 2 is 1.90 bits per heavy atom. The molecule has 2 aromatic carbocycles. The lowest BCUT2D eigenvalue weighted by Crippen LogP contribution is -2.24. The first-order valence-corrected chi connectivity index (χ1v) is 6.19. The van der Waals surface area contributed by atoms with Crippen LogP contribution in [0.3, 0.4) is 0 Å². The van der Waals surface area contributed by atoms with Gasteiger partial charge < -0.3 is 16.8 Å². The topological polar surface area (TPSA) is 98.2 Å². The lowest BCUT2D eigenvalue weighted by Gasteiger charge is -2.08. The van der Waals surface area contributed by atoms with E-state index in [1.807, 2.05) is 0 Å². The minimum atomic E-state index is -0.536. The Hall–Kier alpha value is -2.89. The third-order valence-electron chi connectivity index (χ3n) is 2.92. The number of primary amides is 1. The van der Waals surface area contributed by atoms with E-state index in [-0.39, 0.29) is 17.8 Å². The number of anilines is 1. The van der Waals surface area contributed by atoms with Crippen LogP contribution in [-0.2, 0) is 6.54 Å². The van der Waals surface area contributed by atoms with E-state index in [4.69, 9.17) is 11.5 Å². The van der Waals surface area contributed by atoms with E-state index in [0.717, 1.165) is 11.6 Å². The van der Waals surface area contributed by atoms with Crippen LogP contribution < -0.4 is 16.8 Å². The fraction of sp³-hybridized carbons (Fsp3) is 0.0667. The quantitative estimate of drug-likeness (QED) is 0.742. The van der Waals surface area contributed by atoms with Gasteiger partial charge in [-0.1, -0.05) is 12.1 Å². The predicted octanol–water partition coefficient (Wildman–Crippen LogP) is 1.44. The maximum Gasteiger partial charge on any atom is 0.253 e. The molecule has 5 N–H and O–H groups in total. The highest BCUT2D eigenvalue weighted by atomic mass is 19.1. The van der Waals surface area contributed by atoms with Gasteiger partial charge in [-0.15, -0.1) is 0 Å². The molecule has 0 aromatic heterocycles. The monoisotopic (exact) mass is 287 g/mol. The number of hydrogen-bond acceptors (Lipinski definition) is 3. The van der Waals surface area contributed by atoms with Crippen LogP contribution in [0.4, 0.5) is 10.1 Å². The number of hydrogen-bond donors (Lipinski definition) is 3. The van der Waals surface area contributed by atoms with Crippen molar-refractivity contribution < 1.29 is 14.0 Å². The number of benzene rings is 2. The van der Waals surface area contributed by atoms with Crippen LogP contribution in [-0.4, -0.2) is 11.8 Å². The van der Waals surface area contributed by atoms with Crippen molar-refractivity contribution in [1.29, 1.82) is 0 Å². The summed E-state index contributed by atoms with van der Waals surface area (Å²) < 4.78 is 12.9. The van der Waals surface area contributed by atoms with Crippen molar-refractivity contribution in [2.24, 2.45) is 5.73 Å². The first-order valence-electron chi connectivity index (χ1n) is 6.19. The van der Waals surface area contributed by atoms with Gasteiger partial charge in [-0.2, -0.15) is 0 Å².